The van der Waals surface area contributed by atoms with Crippen LogP contribution in [-0.4, -0.2) is 61.0 Å². The van der Waals surface area contributed by atoms with Crippen molar-refractivity contribution in [3.8, 4) is 5.75 Å². The van der Waals surface area contributed by atoms with E-state index in [0.29, 0.717) is 0 Å². The number of H-pyrrole nitrogens is 1. The molecule has 4 rings (SSSR count). The average Bonchev–Trinajstić information content (AvgIpc) is 3.14. The first-order chi connectivity index (χ1) is 13.8. The van der Waals surface area contributed by atoms with Gasteiger partial charge >= 0.3 is 0 Å². The number of anilines is 1. The summed E-state index contributed by atoms with van der Waals surface area (Å²) in [5, 5.41) is 0. The number of thioether (sulfide) groups is 1. The van der Waals surface area contributed by atoms with Crippen molar-refractivity contribution in [2.75, 3.05) is 51.0 Å². The van der Waals surface area contributed by atoms with Crippen molar-refractivity contribution in [1.82, 2.24) is 14.9 Å². The highest BCUT2D eigenvalue weighted by atomic mass is 32.2. The van der Waals surface area contributed by atoms with E-state index in [9.17, 15) is 0 Å². The van der Waals surface area contributed by atoms with Gasteiger partial charge in [-0.1, -0.05) is 18.2 Å². The molecule has 2 heterocycles. The van der Waals surface area contributed by atoms with E-state index in [2.05, 4.69) is 56.4 Å². The highest BCUT2D eigenvalue weighted by molar-refractivity contribution is 7.97. The van der Waals surface area contributed by atoms with Crippen LogP contribution in [0, 0.1) is 0 Å². The summed E-state index contributed by atoms with van der Waals surface area (Å²) in [6.45, 7) is 5.34. The Morgan fingerprint density at radius 1 is 1.11 bits per heavy atom. The molecule has 1 saturated heterocycles. The van der Waals surface area contributed by atoms with Gasteiger partial charge in [0.1, 0.15) is 11.6 Å². The fourth-order valence-electron chi connectivity index (χ4n) is 3.86. The van der Waals surface area contributed by atoms with Gasteiger partial charge in [0.2, 0.25) is 0 Å². The molecule has 148 valence electrons. The summed E-state index contributed by atoms with van der Waals surface area (Å²) in [5.74, 6) is 2.96. The van der Waals surface area contributed by atoms with Gasteiger partial charge in [-0.15, -0.1) is 0 Å². The van der Waals surface area contributed by atoms with Crippen molar-refractivity contribution < 1.29 is 4.74 Å². The minimum absolute atomic E-state index is 0.931. The van der Waals surface area contributed by atoms with Crippen LogP contribution >= 0.6 is 11.8 Å². The molecule has 0 spiro atoms. The molecule has 0 unspecified atom stereocenters. The van der Waals surface area contributed by atoms with Crippen molar-refractivity contribution in [2.24, 2.45) is 0 Å². The molecule has 0 radical (unpaired) electrons. The standard InChI is InChI=1S/C22H28N4OS/c1-27-21-6-4-3-5-20(21)26-13-11-25(12-14-26)10-9-17-7-8-18-19(15-17)24-22(23-18)16-28-2/h3-8,15H,9-14,16H2,1-2H3,(H,23,24). The molecule has 3 aromatic rings. The number of aromatic amines is 1. The number of piperazine rings is 1. The molecule has 0 aliphatic carbocycles. The molecule has 1 aromatic heterocycles. The summed E-state index contributed by atoms with van der Waals surface area (Å²) in [4.78, 5) is 13.1. The van der Waals surface area contributed by atoms with Crippen molar-refractivity contribution in [1.29, 1.82) is 0 Å². The number of hydrogen-bond acceptors (Lipinski definition) is 5. The predicted octanol–water partition coefficient (Wildman–Crippen LogP) is 3.80. The first-order valence-electron chi connectivity index (χ1n) is 9.83. The molecule has 28 heavy (non-hydrogen) atoms. The number of nitrogens with zero attached hydrogens (tertiary/aromatic N) is 3. The lowest BCUT2D eigenvalue weighted by Gasteiger charge is -2.36. The van der Waals surface area contributed by atoms with Gasteiger partial charge in [-0.3, -0.25) is 4.90 Å². The summed E-state index contributed by atoms with van der Waals surface area (Å²) in [5.41, 5.74) is 4.80. The molecule has 0 amide bonds. The Hall–Kier alpha value is -2.18. The van der Waals surface area contributed by atoms with Crippen LogP contribution in [0.2, 0.25) is 0 Å². The lowest BCUT2D eigenvalue weighted by molar-refractivity contribution is 0.260. The summed E-state index contributed by atoms with van der Waals surface area (Å²) in [6, 6.07) is 14.9. The zero-order valence-electron chi connectivity index (χ0n) is 16.6. The van der Waals surface area contributed by atoms with Crippen LogP contribution in [0.5, 0.6) is 5.75 Å². The van der Waals surface area contributed by atoms with Gasteiger partial charge in [0.15, 0.2) is 0 Å². The van der Waals surface area contributed by atoms with Crippen LogP contribution in [0.4, 0.5) is 5.69 Å². The van der Waals surface area contributed by atoms with E-state index in [4.69, 9.17) is 4.74 Å². The third-order valence-corrected chi connectivity index (χ3v) is 5.95. The second-order valence-corrected chi connectivity index (χ2v) is 8.08. The lowest BCUT2D eigenvalue weighted by Crippen LogP contribution is -2.47. The predicted molar refractivity (Wildman–Crippen MR) is 119 cm³/mol. The van der Waals surface area contributed by atoms with Crippen LogP contribution in [0.3, 0.4) is 0 Å². The van der Waals surface area contributed by atoms with E-state index in [0.717, 1.165) is 67.5 Å². The van der Waals surface area contributed by atoms with Crippen LogP contribution < -0.4 is 9.64 Å². The van der Waals surface area contributed by atoms with Gasteiger partial charge < -0.3 is 14.6 Å². The van der Waals surface area contributed by atoms with E-state index >= 15 is 0 Å². The third-order valence-electron chi connectivity index (χ3n) is 5.39. The van der Waals surface area contributed by atoms with E-state index in [1.807, 2.05) is 12.1 Å². The molecule has 1 N–H and O–H groups in total. The first kappa shape index (κ1) is 19.2. The van der Waals surface area contributed by atoms with E-state index in [-0.39, 0.29) is 0 Å². The number of benzene rings is 2. The Labute approximate surface area is 171 Å². The highest BCUT2D eigenvalue weighted by Crippen LogP contribution is 2.28. The number of ether oxygens (including phenoxy) is 1. The Morgan fingerprint density at radius 2 is 1.93 bits per heavy atom. The molecule has 1 fully saturated rings. The van der Waals surface area contributed by atoms with Crippen molar-refractivity contribution in [3.63, 3.8) is 0 Å². The monoisotopic (exact) mass is 396 g/mol. The number of aromatic nitrogens is 2. The average molecular weight is 397 g/mol. The van der Waals surface area contributed by atoms with Gasteiger partial charge in [-0.25, -0.2) is 4.98 Å². The topological polar surface area (TPSA) is 44.4 Å². The maximum Gasteiger partial charge on any atom is 0.142 e. The Kier molecular flexibility index (Phi) is 6.07. The molecule has 0 atom stereocenters. The number of para-hydroxylation sites is 2. The summed E-state index contributed by atoms with van der Waals surface area (Å²) in [7, 11) is 1.75. The molecule has 1 aliphatic heterocycles. The summed E-state index contributed by atoms with van der Waals surface area (Å²) >= 11 is 1.79. The molecule has 6 heteroatoms. The maximum atomic E-state index is 5.52. The van der Waals surface area contributed by atoms with E-state index in [1.165, 1.54) is 11.3 Å². The van der Waals surface area contributed by atoms with Crippen LogP contribution in [-0.2, 0) is 12.2 Å². The molecule has 5 nitrogen and oxygen atoms in total. The van der Waals surface area contributed by atoms with Crippen molar-refractivity contribution in [3.05, 3.63) is 53.9 Å². The molecule has 0 saturated carbocycles. The lowest BCUT2D eigenvalue weighted by atomic mass is 10.1. The second-order valence-electron chi connectivity index (χ2n) is 7.22. The van der Waals surface area contributed by atoms with E-state index in [1.54, 1.807) is 18.9 Å². The normalized spacial score (nSPS) is 15.3. The fraction of sp³-hybridized carbons (Fsp3) is 0.409. The number of hydrogen-bond donors (Lipinski definition) is 1. The number of fused-ring (bicyclic) bond motifs is 1. The molecule has 1 aliphatic rings. The van der Waals surface area contributed by atoms with Crippen LogP contribution in [0.25, 0.3) is 11.0 Å². The number of rotatable bonds is 7. The SMILES string of the molecule is COc1ccccc1N1CCN(CCc2ccc3nc(CSC)[nH]c3c2)CC1. The smallest absolute Gasteiger partial charge is 0.142 e. The van der Waals surface area contributed by atoms with Gasteiger partial charge in [-0.2, -0.15) is 11.8 Å². The number of nitrogens with one attached hydrogen (secondary N) is 1. The zero-order chi connectivity index (χ0) is 19.3. The second kappa shape index (κ2) is 8.88. The van der Waals surface area contributed by atoms with E-state index < -0.39 is 0 Å². The fourth-order valence-corrected chi connectivity index (χ4v) is 4.27. The number of methoxy groups -OCH3 is 1. The quantitative estimate of drug-likeness (QED) is 0.658. The van der Waals surface area contributed by atoms with Crippen LogP contribution in [0.15, 0.2) is 42.5 Å². The van der Waals surface area contributed by atoms with Gasteiger partial charge in [0.25, 0.3) is 0 Å². The minimum Gasteiger partial charge on any atom is -0.495 e. The number of imidazole rings is 1. The minimum atomic E-state index is 0.931. The highest BCUT2D eigenvalue weighted by Gasteiger charge is 2.19. The summed E-state index contributed by atoms with van der Waals surface area (Å²) in [6.07, 6.45) is 3.17. The van der Waals surface area contributed by atoms with Gasteiger partial charge in [0, 0.05) is 32.7 Å². The Morgan fingerprint density at radius 3 is 2.71 bits per heavy atom. The molecule has 2 aromatic carbocycles. The zero-order valence-corrected chi connectivity index (χ0v) is 17.5. The Balaban J connectivity index is 1.32. The molecular formula is C22H28N4OS. The molecule has 0 bridgehead atoms. The maximum absolute atomic E-state index is 5.52. The van der Waals surface area contributed by atoms with Crippen molar-refractivity contribution in [2.45, 2.75) is 12.2 Å². The van der Waals surface area contributed by atoms with Gasteiger partial charge in [0.05, 0.1) is 29.6 Å². The van der Waals surface area contributed by atoms with Crippen molar-refractivity contribution >= 4 is 28.5 Å². The molecular weight excluding hydrogens is 368 g/mol. The first-order valence-corrected chi connectivity index (χ1v) is 11.2. The van der Waals surface area contributed by atoms with Crippen LogP contribution in [0.1, 0.15) is 11.4 Å². The largest absolute Gasteiger partial charge is 0.495 e. The summed E-state index contributed by atoms with van der Waals surface area (Å²) < 4.78 is 5.52. The Bertz CT molecular complexity index is 918. The van der Waals surface area contributed by atoms with Gasteiger partial charge in [-0.05, 0) is 42.5 Å². The third kappa shape index (κ3) is 4.28.